The first-order valence-electron chi connectivity index (χ1n) is 6.74. The summed E-state index contributed by atoms with van der Waals surface area (Å²) in [7, 11) is 0. The Bertz CT molecular complexity index is 548. The molecule has 2 rings (SSSR count). The molecule has 0 spiro atoms. The third kappa shape index (κ3) is 3.84. The molecule has 3 N–H and O–H groups in total. The number of nitrogen functional groups attached to an aromatic ring is 1. The Morgan fingerprint density at radius 3 is 2.55 bits per heavy atom. The van der Waals surface area contributed by atoms with Crippen molar-refractivity contribution >= 4 is 22.9 Å². The van der Waals surface area contributed by atoms with E-state index in [9.17, 15) is 4.79 Å². The molecule has 0 aliphatic carbocycles. The van der Waals surface area contributed by atoms with Crippen LogP contribution in [0.1, 0.15) is 42.7 Å². The Balaban J connectivity index is 1.89. The number of amides is 1. The molecule has 1 aromatic carbocycles. The number of carbonyl (C=O) groups is 1. The summed E-state index contributed by atoms with van der Waals surface area (Å²) in [6.45, 7) is 4.07. The van der Waals surface area contributed by atoms with Gasteiger partial charge in [0.05, 0.1) is 6.04 Å². The van der Waals surface area contributed by atoms with Gasteiger partial charge in [-0.1, -0.05) is 25.1 Å². The summed E-state index contributed by atoms with van der Waals surface area (Å²) >= 11 is 1.66. The predicted molar refractivity (Wildman–Crippen MR) is 84.8 cm³/mol. The average molecular weight is 288 g/mol. The maximum atomic E-state index is 12.1. The molecule has 4 heteroatoms. The molecule has 0 aliphatic heterocycles. The van der Waals surface area contributed by atoms with Crippen LogP contribution in [-0.4, -0.2) is 5.91 Å². The number of benzene rings is 1. The second-order valence-corrected chi connectivity index (χ2v) is 6.06. The van der Waals surface area contributed by atoms with E-state index in [0.29, 0.717) is 6.42 Å². The van der Waals surface area contributed by atoms with Gasteiger partial charge in [-0.05, 0) is 42.0 Å². The molecule has 1 amide bonds. The minimum Gasteiger partial charge on any atom is -0.399 e. The van der Waals surface area contributed by atoms with Gasteiger partial charge >= 0.3 is 0 Å². The third-order valence-corrected chi connectivity index (χ3v) is 4.40. The van der Waals surface area contributed by atoms with Crippen LogP contribution in [0.25, 0.3) is 0 Å². The summed E-state index contributed by atoms with van der Waals surface area (Å²) < 4.78 is 0. The highest BCUT2D eigenvalue weighted by Gasteiger charge is 2.14. The van der Waals surface area contributed by atoms with Crippen LogP contribution >= 0.6 is 11.3 Å². The normalized spacial score (nSPS) is 13.7. The zero-order chi connectivity index (χ0) is 14.5. The molecular weight excluding hydrogens is 268 g/mol. The zero-order valence-corrected chi connectivity index (χ0v) is 12.6. The molecule has 0 saturated carbocycles. The molecule has 0 radical (unpaired) electrons. The number of thiophene rings is 1. The molecule has 0 fully saturated rings. The van der Waals surface area contributed by atoms with Crippen LogP contribution < -0.4 is 11.1 Å². The maximum Gasteiger partial charge on any atom is 0.221 e. The monoisotopic (exact) mass is 288 g/mol. The van der Waals surface area contributed by atoms with E-state index in [1.165, 1.54) is 4.88 Å². The standard InChI is InChI=1S/C16H20N2OS/c1-11(13-5-7-14(17)8-6-13)10-16(19)18-12(2)15-4-3-9-20-15/h3-9,11-12H,10,17H2,1-2H3,(H,18,19)/t11?,12-/m0/s1. The topological polar surface area (TPSA) is 55.1 Å². The minimum absolute atomic E-state index is 0.0705. The smallest absolute Gasteiger partial charge is 0.221 e. The van der Waals surface area contributed by atoms with Gasteiger partial charge in [0, 0.05) is 17.0 Å². The lowest BCUT2D eigenvalue weighted by Crippen LogP contribution is -2.27. The van der Waals surface area contributed by atoms with E-state index in [1.54, 1.807) is 11.3 Å². The summed E-state index contributed by atoms with van der Waals surface area (Å²) in [4.78, 5) is 13.2. The van der Waals surface area contributed by atoms with Crippen molar-refractivity contribution in [3.63, 3.8) is 0 Å². The predicted octanol–water partition coefficient (Wildman–Crippen LogP) is 3.70. The number of carbonyl (C=O) groups excluding carboxylic acids is 1. The molecule has 20 heavy (non-hydrogen) atoms. The largest absolute Gasteiger partial charge is 0.399 e. The number of hydrogen-bond donors (Lipinski definition) is 2. The SMILES string of the molecule is CC(CC(=O)N[C@@H](C)c1cccs1)c1ccc(N)cc1. The van der Waals surface area contributed by atoms with Crippen molar-refractivity contribution < 1.29 is 4.79 Å². The van der Waals surface area contributed by atoms with Gasteiger partial charge in [0.2, 0.25) is 5.91 Å². The molecule has 2 atom stereocenters. The first-order chi connectivity index (χ1) is 9.56. The van der Waals surface area contributed by atoms with Gasteiger partial charge in [-0.2, -0.15) is 0 Å². The molecule has 1 aromatic heterocycles. The second kappa shape index (κ2) is 6.57. The molecule has 0 aliphatic rings. The fourth-order valence-corrected chi connectivity index (χ4v) is 2.86. The van der Waals surface area contributed by atoms with E-state index < -0.39 is 0 Å². The van der Waals surface area contributed by atoms with E-state index in [2.05, 4.69) is 12.2 Å². The summed E-state index contributed by atoms with van der Waals surface area (Å²) in [6.07, 6.45) is 0.486. The lowest BCUT2D eigenvalue weighted by molar-refractivity contribution is -0.122. The number of hydrogen-bond acceptors (Lipinski definition) is 3. The van der Waals surface area contributed by atoms with Crippen LogP contribution in [0.4, 0.5) is 5.69 Å². The third-order valence-electron chi connectivity index (χ3n) is 3.34. The van der Waals surface area contributed by atoms with Gasteiger partial charge < -0.3 is 11.1 Å². The van der Waals surface area contributed by atoms with Crippen molar-refractivity contribution in [1.29, 1.82) is 0 Å². The average Bonchev–Trinajstić information content (AvgIpc) is 2.93. The number of rotatable bonds is 5. The summed E-state index contributed by atoms with van der Waals surface area (Å²) in [5.41, 5.74) is 7.55. The van der Waals surface area contributed by atoms with E-state index in [1.807, 2.05) is 48.7 Å². The number of nitrogens with one attached hydrogen (secondary N) is 1. The van der Waals surface area contributed by atoms with Crippen LogP contribution in [0.3, 0.4) is 0 Å². The zero-order valence-electron chi connectivity index (χ0n) is 11.8. The van der Waals surface area contributed by atoms with Crippen molar-refractivity contribution in [3.05, 3.63) is 52.2 Å². The molecule has 106 valence electrons. The maximum absolute atomic E-state index is 12.1. The van der Waals surface area contributed by atoms with E-state index >= 15 is 0 Å². The van der Waals surface area contributed by atoms with Crippen LogP contribution in [0, 0.1) is 0 Å². The minimum atomic E-state index is 0.0705. The van der Waals surface area contributed by atoms with E-state index in [4.69, 9.17) is 5.73 Å². The van der Waals surface area contributed by atoms with Crippen LogP contribution in [0.2, 0.25) is 0 Å². The molecule has 3 nitrogen and oxygen atoms in total. The first kappa shape index (κ1) is 14.6. The van der Waals surface area contributed by atoms with Gasteiger partial charge in [-0.25, -0.2) is 0 Å². The van der Waals surface area contributed by atoms with Gasteiger partial charge in [-0.15, -0.1) is 11.3 Å². The molecule has 1 heterocycles. The van der Waals surface area contributed by atoms with Crippen molar-refractivity contribution in [1.82, 2.24) is 5.32 Å². The Morgan fingerprint density at radius 1 is 1.25 bits per heavy atom. The van der Waals surface area contributed by atoms with Gasteiger partial charge in [-0.3, -0.25) is 4.79 Å². The van der Waals surface area contributed by atoms with Crippen LogP contribution in [0.5, 0.6) is 0 Å². The molecule has 1 unspecified atom stereocenters. The lowest BCUT2D eigenvalue weighted by Gasteiger charge is -2.15. The summed E-state index contributed by atoms with van der Waals surface area (Å²) in [5, 5.41) is 5.06. The van der Waals surface area contributed by atoms with E-state index in [-0.39, 0.29) is 17.9 Å². The van der Waals surface area contributed by atoms with Crippen molar-refractivity contribution in [2.45, 2.75) is 32.2 Å². The van der Waals surface area contributed by atoms with E-state index in [0.717, 1.165) is 11.3 Å². The fraction of sp³-hybridized carbons (Fsp3) is 0.312. The van der Waals surface area contributed by atoms with Gasteiger partial charge in [0.1, 0.15) is 0 Å². The summed E-state index contributed by atoms with van der Waals surface area (Å²) in [6, 6.07) is 11.8. The van der Waals surface area contributed by atoms with Crippen LogP contribution in [-0.2, 0) is 4.79 Å². The molecule has 0 saturated heterocycles. The van der Waals surface area contributed by atoms with Crippen molar-refractivity contribution in [2.24, 2.45) is 0 Å². The molecule has 0 bridgehead atoms. The highest BCUT2D eigenvalue weighted by atomic mass is 32.1. The Morgan fingerprint density at radius 2 is 1.95 bits per heavy atom. The number of nitrogens with two attached hydrogens (primary N) is 1. The van der Waals surface area contributed by atoms with Gasteiger partial charge in [0.15, 0.2) is 0 Å². The second-order valence-electron chi connectivity index (χ2n) is 5.08. The Labute approximate surface area is 123 Å². The van der Waals surface area contributed by atoms with Crippen molar-refractivity contribution in [2.75, 3.05) is 5.73 Å². The lowest BCUT2D eigenvalue weighted by atomic mass is 9.97. The fourth-order valence-electron chi connectivity index (χ4n) is 2.13. The first-order valence-corrected chi connectivity index (χ1v) is 7.62. The Hall–Kier alpha value is -1.81. The van der Waals surface area contributed by atoms with Crippen molar-refractivity contribution in [3.8, 4) is 0 Å². The van der Waals surface area contributed by atoms with Crippen LogP contribution in [0.15, 0.2) is 41.8 Å². The van der Waals surface area contributed by atoms with Gasteiger partial charge in [0.25, 0.3) is 0 Å². The highest BCUT2D eigenvalue weighted by Crippen LogP contribution is 2.22. The quantitative estimate of drug-likeness (QED) is 0.824. The molecule has 2 aromatic rings. The number of anilines is 1. The summed E-state index contributed by atoms with van der Waals surface area (Å²) in [5.74, 6) is 0.265. The highest BCUT2D eigenvalue weighted by molar-refractivity contribution is 7.10. The Kier molecular flexibility index (Phi) is 4.79. The molecular formula is C16H20N2OS.